The Labute approximate surface area is 134 Å². The van der Waals surface area contributed by atoms with Crippen molar-refractivity contribution in [1.29, 1.82) is 0 Å². The van der Waals surface area contributed by atoms with Gasteiger partial charge in [-0.2, -0.15) is 0 Å². The van der Waals surface area contributed by atoms with Crippen molar-refractivity contribution in [3.05, 3.63) is 35.9 Å². The van der Waals surface area contributed by atoms with Crippen LogP contribution in [-0.2, 0) is 15.6 Å². The Morgan fingerprint density at radius 1 is 1.35 bits per heavy atom. The molecule has 1 aromatic rings. The summed E-state index contributed by atoms with van der Waals surface area (Å²) in [5.74, 6) is 0.633. The molecule has 1 aromatic carbocycles. The second-order valence-corrected chi connectivity index (χ2v) is 5.79. The summed E-state index contributed by atoms with van der Waals surface area (Å²) in [6.45, 7) is 2.64. The van der Waals surface area contributed by atoms with Crippen LogP contribution in [0.1, 0.15) is 12.0 Å². The number of nitrogens with one attached hydrogen (secondary N) is 1. The molecule has 0 fully saturated rings. The van der Waals surface area contributed by atoms with E-state index in [0.717, 1.165) is 6.42 Å². The predicted molar refractivity (Wildman–Crippen MR) is 92.9 cm³/mol. The highest BCUT2D eigenvalue weighted by molar-refractivity contribution is 7.96. The quantitative estimate of drug-likeness (QED) is 0.450. The third kappa shape index (κ3) is 22.4. The van der Waals surface area contributed by atoms with Crippen LogP contribution in [0.25, 0.3) is 0 Å². The van der Waals surface area contributed by atoms with E-state index < -0.39 is 10.8 Å². The van der Waals surface area contributed by atoms with Gasteiger partial charge in [0.1, 0.15) is 0 Å². The topological polar surface area (TPSA) is 63.2 Å². The molecule has 0 aliphatic heterocycles. The fourth-order valence-corrected chi connectivity index (χ4v) is 1.67. The van der Waals surface area contributed by atoms with Crippen LogP contribution in [-0.4, -0.2) is 33.6 Å². The normalized spacial score (nSPS) is 10.0. The lowest BCUT2D eigenvalue weighted by Crippen LogP contribution is -2.19. The largest absolute Gasteiger partial charge is 0.347 e. The number of thiol groups is 2. The summed E-state index contributed by atoms with van der Waals surface area (Å²) in [4.78, 5) is 18.8. The minimum Gasteiger partial charge on any atom is -0.347 e. The maximum absolute atomic E-state index is 10.5. The van der Waals surface area contributed by atoms with Gasteiger partial charge in [0.25, 0.3) is 5.24 Å². The summed E-state index contributed by atoms with van der Waals surface area (Å²) in [6, 6.07) is 10.3. The zero-order chi connectivity index (χ0) is 15.8. The number of carbonyl (C=O) groups excluding carboxylic acids is 2. The van der Waals surface area contributed by atoms with E-state index in [4.69, 9.17) is 4.79 Å². The smallest absolute Gasteiger partial charge is 0.275 e. The summed E-state index contributed by atoms with van der Waals surface area (Å²) in [7, 11) is -0.757. The van der Waals surface area contributed by atoms with E-state index in [1.165, 1.54) is 5.56 Å². The fourth-order valence-electron chi connectivity index (χ4n) is 1.01. The summed E-state index contributed by atoms with van der Waals surface area (Å²) in [5, 5.41) is 2.16. The molecule has 114 valence electrons. The Hall–Kier alpha value is -0.790. The van der Waals surface area contributed by atoms with Gasteiger partial charge in [0.15, 0.2) is 5.62 Å². The van der Waals surface area contributed by atoms with Gasteiger partial charge in [-0.15, -0.1) is 12.6 Å². The van der Waals surface area contributed by atoms with E-state index in [1.807, 2.05) is 18.2 Å². The van der Waals surface area contributed by atoms with Gasteiger partial charge >= 0.3 is 0 Å². The van der Waals surface area contributed by atoms with Crippen LogP contribution in [0.4, 0.5) is 4.79 Å². The highest BCUT2D eigenvalue weighted by Crippen LogP contribution is 1.92. The average Bonchev–Trinajstić information content (AvgIpc) is 2.37. The summed E-state index contributed by atoms with van der Waals surface area (Å²) in [5.41, 5.74) is 1.77. The first kappa shape index (κ1) is 21.5. The van der Waals surface area contributed by atoms with Gasteiger partial charge in [0.2, 0.25) is 0 Å². The molecule has 0 saturated heterocycles. The van der Waals surface area contributed by atoms with E-state index in [0.29, 0.717) is 17.9 Å². The fraction of sp³-hybridized carbons (Fsp3) is 0.385. The molecule has 1 atom stereocenters. The molecule has 1 rings (SSSR count). The summed E-state index contributed by atoms with van der Waals surface area (Å²) in [6.07, 6.45) is 2.39. The van der Waals surface area contributed by atoms with E-state index in [9.17, 15) is 9.00 Å². The molecular formula is C13H21NO3S3. The minimum absolute atomic E-state index is 0.332. The van der Waals surface area contributed by atoms with Crippen LogP contribution in [0.5, 0.6) is 0 Å². The molecule has 7 heteroatoms. The maximum atomic E-state index is 10.5. The lowest BCUT2D eigenvalue weighted by molar-refractivity contribution is 0.261. The van der Waals surface area contributed by atoms with Gasteiger partial charge in [-0.25, -0.2) is 0 Å². The van der Waals surface area contributed by atoms with Gasteiger partial charge in [0, 0.05) is 29.4 Å². The van der Waals surface area contributed by atoms with Crippen molar-refractivity contribution in [2.75, 3.05) is 18.6 Å². The first-order valence-electron chi connectivity index (χ1n) is 5.80. The van der Waals surface area contributed by atoms with Crippen molar-refractivity contribution in [3.8, 4) is 0 Å². The van der Waals surface area contributed by atoms with Crippen LogP contribution in [0, 0.1) is 6.92 Å². The number of hydrogen-bond acceptors (Lipinski definition) is 3. The Kier molecular flexibility index (Phi) is 17.5. The predicted octanol–water partition coefficient (Wildman–Crippen LogP) is 2.50. The molecule has 0 heterocycles. The molecule has 0 bridgehead atoms. The molecule has 0 spiro atoms. The molecular weight excluding hydrogens is 314 g/mol. The average molecular weight is 336 g/mol. The molecule has 0 aliphatic rings. The third-order valence-electron chi connectivity index (χ3n) is 1.83. The Morgan fingerprint density at radius 3 is 2.15 bits per heavy atom. The van der Waals surface area contributed by atoms with E-state index in [-0.39, 0.29) is 5.24 Å². The standard InChI is InChI=1S/C7H8.C5H11NO2S2.CH2OS/c1-7-5-3-2-4-6-7;1-10(8)4-2-3-6-5(7)9;2-1-3/h2-6H,1H3;2-4H2,1H3,(H2,6,7,9);1H,(H,2,3). The molecule has 1 amide bonds. The SMILES string of the molecule is CS(=O)CCCNC(=O)S.Cc1ccccc1.O=CS. The van der Waals surface area contributed by atoms with Crippen LogP contribution < -0.4 is 5.32 Å². The second-order valence-electron chi connectivity index (χ2n) is 3.62. The van der Waals surface area contributed by atoms with Crippen molar-refractivity contribution in [2.45, 2.75) is 13.3 Å². The Morgan fingerprint density at radius 2 is 1.85 bits per heavy atom. The first-order valence-corrected chi connectivity index (χ1v) is 8.49. The highest BCUT2D eigenvalue weighted by atomic mass is 32.2. The van der Waals surface area contributed by atoms with Crippen LogP contribution in [0.2, 0.25) is 0 Å². The molecule has 0 radical (unpaired) electrons. The maximum Gasteiger partial charge on any atom is 0.275 e. The van der Waals surface area contributed by atoms with Crippen molar-refractivity contribution in [3.63, 3.8) is 0 Å². The van der Waals surface area contributed by atoms with E-state index >= 15 is 0 Å². The highest BCUT2D eigenvalue weighted by Gasteiger charge is 1.92. The molecule has 0 aliphatic carbocycles. The lowest BCUT2D eigenvalue weighted by atomic mass is 10.2. The summed E-state index contributed by atoms with van der Waals surface area (Å²) >= 11 is 6.60. The number of hydrogen-bond donors (Lipinski definition) is 3. The zero-order valence-corrected chi connectivity index (χ0v) is 14.2. The van der Waals surface area contributed by atoms with Gasteiger partial charge < -0.3 is 5.32 Å². The second kappa shape index (κ2) is 16.3. The number of benzene rings is 1. The van der Waals surface area contributed by atoms with E-state index in [2.05, 4.69) is 49.6 Å². The Balaban J connectivity index is 0. The van der Waals surface area contributed by atoms with Gasteiger partial charge in [0.05, 0.1) is 0 Å². The molecule has 0 aromatic heterocycles. The molecule has 1 N–H and O–H groups in total. The van der Waals surface area contributed by atoms with E-state index in [1.54, 1.807) is 6.26 Å². The Bertz CT molecular complexity index is 370. The van der Waals surface area contributed by atoms with Crippen LogP contribution in [0.15, 0.2) is 30.3 Å². The van der Waals surface area contributed by atoms with Crippen LogP contribution in [0.3, 0.4) is 0 Å². The minimum atomic E-state index is -0.757. The number of rotatable bonds is 4. The number of aryl methyl sites for hydroxylation is 1. The first-order chi connectivity index (χ1) is 9.43. The van der Waals surface area contributed by atoms with Crippen molar-refractivity contribution >= 4 is 46.9 Å². The van der Waals surface area contributed by atoms with Crippen molar-refractivity contribution < 1.29 is 13.8 Å². The molecule has 0 saturated carbocycles. The van der Waals surface area contributed by atoms with Gasteiger partial charge in [-0.3, -0.25) is 13.8 Å². The zero-order valence-electron chi connectivity index (χ0n) is 11.6. The summed E-state index contributed by atoms with van der Waals surface area (Å²) < 4.78 is 10.5. The van der Waals surface area contributed by atoms with Crippen LogP contribution >= 0.6 is 25.3 Å². The lowest BCUT2D eigenvalue weighted by Gasteiger charge is -1.97. The third-order valence-corrected chi connectivity index (χ3v) is 2.85. The number of carbonyl (C=O) groups is 2. The monoisotopic (exact) mass is 335 g/mol. The molecule has 4 nitrogen and oxygen atoms in total. The van der Waals surface area contributed by atoms with Gasteiger partial charge in [-0.1, -0.05) is 48.5 Å². The molecule has 1 unspecified atom stereocenters. The molecule has 20 heavy (non-hydrogen) atoms. The van der Waals surface area contributed by atoms with Crippen molar-refractivity contribution in [2.24, 2.45) is 0 Å². The van der Waals surface area contributed by atoms with Crippen molar-refractivity contribution in [1.82, 2.24) is 5.32 Å². The van der Waals surface area contributed by atoms with Gasteiger partial charge in [-0.05, 0) is 13.3 Å². The number of amides is 1.